The summed E-state index contributed by atoms with van der Waals surface area (Å²) in [6.07, 6.45) is 3.04. The Morgan fingerprint density at radius 3 is 2.70 bits per heavy atom. The Labute approximate surface area is 129 Å². The zero-order valence-electron chi connectivity index (χ0n) is 11.7. The van der Waals surface area contributed by atoms with Gasteiger partial charge in [0.25, 0.3) is 11.5 Å². The highest BCUT2D eigenvalue weighted by Crippen LogP contribution is 2.07. The van der Waals surface area contributed by atoms with Crippen molar-refractivity contribution in [1.82, 2.24) is 24.5 Å². The molecule has 0 atom stereocenters. The standard InChI is InChI=1S/C15H10N6O2/c22-14(10-4-2-1-3-5-10)19-20-9-7-11-13(15(20)23)18-17-12-6-8-16-21(11)12/h1-9H,(H,19,22). The smallest absolute Gasteiger partial charge is 0.267 e. The number of carbonyl (C=O) groups is 1. The highest BCUT2D eigenvalue weighted by atomic mass is 16.2. The van der Waals surface area contributed by atoms with E-state index in [-0.39, 0.29) is 11.4 Å². The summed E-state index contributed by atoms with van der Waals surface area (Å²) in [7, 11) is 0. The molecule has 0 unspecified atom stereocenters. The number of amides is 1. The molecule has 112 valence electrons. The molecule has 4 aromatic rings. The molecule has 0 aliphatic rings. The van der Waals surface area contributed by atoms with Crippen molar-refractivity contribution in [3.05, 3.63) is 70.8 Å². The molecule has 23 heavy (non-hydrogen) atoms. The molecule has 0 radical (unpaired) electrons. The Bertz CT molecular complexity index is 1080. The topological polar surface area (TPSA) is 94.2 Å². The van der Waals surface area contributed by atoms with Crippen LogP contribution in [-0.4, -0.2) is 30.4 Å². The molecule has 0 aliphatic carbocycles. The van der Waals surface area contributed by atoms with Gasteiger partial charge in [-0.1, -0.05) is 18.2 Å². The van der Waals surface area contributed by atoms with Crippen LogP contribution in [0.25, 0.3) is 16.7 Å². The normalized spacial score (nSPS) is 11.0. The maximum atomic E-state index is 12.5. The number of carbonyl (C=O) groups excluding carboxylic acids is 1. The predicted molar refractivity (Wildman–Crippen MR) is 82.7 cm³/mol. The van der Waals surface area contributed by atoms with Crippen LogP contribution in [0.3, 0.4) is 0 Å². The molecule has 1 N–H and O–H groups in total. The third kappa shape index (κ3) is 2.13. The maximum Gasteiger partial charge on any atom is 0.299 e. The van der Waals surface area contributed by atoms with Gasteiger partial charge in [-0.3, -0.25) is 15.0 Å². The summed E-state index contributed by atoms with van der Waals surface area (Å²) in [5.41, 5.74) is 3.70. The van der Waals surface area contributed by atoms with E-state index in [1.54, 1.807) is 42.6 Å². The van der Waals surface area contributed by atoms with Gasteiger partial charge in [-0.05, 0) is 18.2 Å². The second-order valence-electron chi connectivity index (χ2n) is 4.83. The molecule has 0 aliphatic heterocycles. The number of hydrogen-bond acceptors (Lipinski definition) is 5. The van der Waals surface area contributed by atoms with Crippen molar-refractivity contribution >= 4 is 22.6 Å². The van der Waals surface area contributed by atoms with Gasteiger partial charge >= 0.3 is 0 Å². The molecule has 0 saturated carbocycles. The van der Waals surface area contributed by atoms with Crippen LogP contribution in [0.15, 0.2) is 59.7 Å². The highest BCUT2D eigenvalue weighted by Gasteiger charge is 2.11. The molecule has 1 amide bonds. The van der Waals surface area contributed by atoms with Gasteiger partial charge in [0, 0.05) is 17.8 Å². The van der Waals surface area contributed by atoms with Gasteiger partial charge in [0.2, 0.25) is 0 Å². The Morgan fingerprint density at radius 1 is 1.04 bits per heavy atom. The van der Waals surface area contributed by atoms with E-state index in [1.165, 1.54) is 10.7 Å². The molecule has 3 heterocycles. The number of benzene rings is 1. The molecule has 0 fully saturated rings. The molecular weight excluding hydrogens is 296 g/mol. The molecule has 1 aromatic carbocycles. The fraction of sp³-hybridized carbons (Fsp3) is 0. The molecule has 0 saturated heterocycles. The van der Waals surface area contributed by atoms with Crippen LogP contribution in [0.4, 0.5) is 0 Å². The van der Waals surface area contributed by atoms with Crippen LogP contribution < -0.4 is 11.0 Å². The number of nitrogens with zero attached hydrogens (tertiary/aromatic N) is 5. The Balaban J connectivity index is 1.79. The lowest BCUT2D eigenvalue weighted by Crippen LogP contribution is -2.33. The Hall–Kier alpha value is -3.55. The monoisotopic (exact) mass is 306 g/mol. The zero-order valence-corrected chi connectivity index (χ0v) is 11.7. The minimum atomic E-state index is -0.475. The summed E-state index contributed by atoms with van der Waals surface area (Å²) in [6, 6.07) is 12.0. The van der Waals surface area contributed by atoms with Crippen molar-refractivity contribution in [2.45, 2.75) is 0 Å². The molecule has 4 rings (SSSR count). The first-order valence-corrected chi connectivity index (χ1v) is 6.82. The third-order valence-corrected chi connectivity index (χ3v) is 3.41. The lowest BCUT2D eigenvalue weighted by Gasteiger charge is -2.09. The highest BCUT2D eigenvalue weighted by molar-refractivity contribution is 6.00. The van der Waals surface area contributed by atoms with E-state index in [0.717, 1.165) is 4.68 Å². The first-order valence-electron chi connectivity index (χ1n) is 6.82. The van der Waals surface area contributed by atoms with Crippen molar-refractivity contribution in [2.24, 2.45) is 0 Å². The average molecular weight is 306 g/mol. The molecular formula is C15H10N6O2. The van der Waals surface area contributed by atoms with E-state index in [0.29, 0.717) is 16.7 Å². The van der Waals surface area contributed by atoms with Crippen LogP contribution in [0, 0.1) is 0 Å². The van der Waals surface area contributed by atoms with E-state index >= 15 is 0 Å². The van der Waals surface area contributed by atoms with Gasteiger partial charge in [0.05, 0.1) is 6.20 Å². The third-order valence-electron chi connectivity index (χ3n) is 3.41. The number of fused-ring (bicyclic) bond motifs is 3. The van der Waals surface area contributed by atoms with Crippen molar-refractivity contribution in [3.63, 3.8) is 0 Å². The fourth-order valence-corrected chi connectivity index (χ4v) is 2.29. The van der Waals surface area contributed by atoms with Crippen molar-refractivity contribution in [3.8, 4) is 0 Å². The quantitative estimate of drug-likeness (QED) is 0.592. The van der Waals surface area contributed by atoms with Crippen LogP contribution in [0.5, 0.6) is 0 Å². The first-order chi connectivity index (χ1) is 11.2. The summed E-state index contributed by atoms with van der Waals surface area (Å²) in [6.45, 7) is 0. The largest absolute Gasteiger partial charge is 0.299 e. The molecule has 8 heteroatoms. The SMILES string of the molecule is O=C(Nn1ccc2c(nnc3ccnn32)c1=O)c1ccccc1. The summed E-state index contributed by atoms with van der Waals surface area (Å²) in [4.78, 5) is 24.6. The van der Waals surface area contributed by atoms with Gasteiger partial charge in [0.15, 0.2) is 11.2 Å². The van der Waals surface area contributed by atoms with Crippen LogP contribution >= 0.6 is 0 Å². The van der Waals surface area contributed by atoms with E-state index in [2.05, 4.69) is 20.7 Å². The van der Waals surface area contributed by atoms with E-state index < -0.39 is 5.56 Å². The molecule has 0 bridgehead atoms. The Morgan fingerprint density at radius 2 is 1.87 bits per heavy atom. The van der Waals surface area contributed by atoms with E-state index in [4.69, 9.17) is 0 Å². The number of pyridine rings is 1. The van der Waals surface area contributed by atoms with Crippen LogP contribution in [-0.2, 0) is 0 Å². The average Bonchev–Trinajstić information content (AvgIpc) is 3.07. The van der Waals surface area contributed by atoms with Gasteiger partial charge in [0.1, 0.15) is 5.52 Å². The number of rotatable bonds is 2. The Kier molecular flexibility index (Phi) is 2.87. The first kappa shape index (κ1) is 13.1. The molecule has 0 spiro atoms. The van der Waals surface area contributed by atoms with Gasteiger partial charge < -0.3 is 0 Å². The number of aromatic nitrogens is 5. The number of hydrogen-bond donors (Lipinski definition) is 1. The number of nitrogens with one attached hydrogen (secondary N) is 1. The van der Waals surface area contributed by atoms with Crippen molar-refractivity contribution in [1.29, 1.82) is 0 Å². The zero-order chi connectivity index (χ0) is 15.8. The molecule has 3 aromatic heterocycles. The lowest BCUT2D eigenvalue weighted by molar-refractivity contribution is 0.101. The minimum Gasteiger partial charge on any atom is -0.267 e. The summed E-state index contributed by atoms with van der Waals surface area (Å²) < 4.78 is 2.61. The van der Waals surface area contributed by atoms with Gasteiger partial charge in [-0.15, -0.1) is 10.2 Å². The summed E-state index contributed by atoms with van der Waals surface area (Å²) in [5, 5.41) is 12.0. The van der Waals surface area contributed by atoms with Crippen LogP contribution in [0.1, 0.15) is 10.4 Å². The molecule has 8 nitrogen and oxygen atoms in total. The van der Waals surface area contributed by atoms with E-state index in [9.17, 15) is 9.59 Å². The fourth-order valence-electron chi connectivity index (χ4n) is 2.29. The second kappa shape index (κ2) is 5.02. The summed E-state index contributed by atoms with van der Waals surface area (Å²) >= 11 is 0. The lowest BCUT2D eigenvalue weighted by atomic mass is 10.2. The minimum absolute atomic E-state index is 0.122. The maximum absolute atomic E-state index is 12.5. The second-order valence-corrected chi connectivity index (χ2v) is 4.83. The van der Waals surface area contributed by atoms with Gasteiger partial charge in [-0.25, -0.2) is 9.19 Å². The van der Waals surface area contributed by atoms with Crippen LogP contribution in [0.2, 0.25) is 0 Å². The van der Waals surface area contributed by atoms with Gasteiger partial charge in [-0.2, -0.15) is 5.10 Å². The van der Waals surface area contributed by atoms with E-state index in [1.807, 2.05) is 6.07 Å². The summed E-state index contributed by atoms with van der Waals surface area (Å²) in [5.74, 6) is -0.389. The predicted octanol–water partition coefficient (Wildman–Crippen LogP) is 0.823. The van der Waals surface area contributed by atoms with Crippen molar-refractivity contribution < 1.29 is 4.79 Å². The van der Waals surface area contributed by atoms with Crippen molar-refractivity contribution in [2.75, 3.05) is 5.43 Å².